The number of hydrogen-bond acceptors (Lipinski definition) is 3. The summed E-state index contributed by atoms with van der Waals surface area (Å²) in [6.07, 6.45) is 2.13. The van der Waals surface area contributed by atoms with Crippen molar-refractivity contribution in [1.82, 2.24) is 15.4 Å². The molecule has 0 unspecified atom stereocenters. The van der Waals surface area contributed by atoms with Gasteiger partial charge in [0, 0.05) is 26.2 Å². The topological polar surface area (TPSA) is 82.6 Å². The summed E-state index contributed by atoms with van der Waals surface area (Å²) in [4.78, 5) is 4.28. The fourth-order valence-corrected chi connectivity index (χ4v) is 1.46. The van der Waals surface area contributed by atoms with Gasteiger partial charge in [0.05, 0.1) is 6.26 Å². The predicted octanol–water partition coefficient (Wildman–Crippen LogP) is -0.499. The Morgan fingerprint density at radius 3 is 2.38 bits per heavy atom. The van der Waals surface area contributed by atoms with E-state index in [2.05, 4.69) is 27.3 Å². The largest absolute Gasteiger partial charge is 0.357 e. The van der Waals surface area contributed by atoms with Crippen molar-refractivity contribution >= 4 is 16.0 Å². The summed E-state index contributed by atoms with van der Waals surface area (Å²) in [5, 5.41) is 6.12. The molecule has 0 aromatic rings. The first kappa shape index (κ1) is 15.2. The zero-order valence-electron chi connectivity index (χ0n) is 10.2. The van der Waals surface area contributed by atoms with Gasteiger partial charge in [0.25, 0.3) is 0 Å². The second-order valence-corrected chi connectivity index (χ2v) is 5.19. The summed E-state index contributed by atoms with van der Waals surface area (Å²) < 4.78 is 24.0. The van der Waals surface area contributed by atoms with Gasteiger partial charge in [-0.2, -0.15) is 0 Å². The predicted molar refractivity (Wildman–Crippen MR) is 67.1 cm³/mol. The minimum Gasteiger partial charge on any atom is -0.357 e. The SMILES string of the molecule is CCCN=C(NCC)NCCNS(C)(=O)=O. The highest BCUT2D eigenvalue weighted by Crippen LogP contribution is 1.78. The maximum Gasteiger partial charge on any atom is 0.208 e. The molecule has 0 bridgehead atoms. The van der Waals surface area contributed by atoms with Crippen LogP contribution in [0.3, 0.4) is 0 Å². The van der Waals surface area contributed by atoms with Crippen LogP contribution in [0.1, 0.15) is 20.3 Å². The molecule has 16 heavy (non-hydrogen) atoms. The molecule has 0 aromatic carbocycles. The monoisotopic (exact) mass is 250 g/mol. The van der Waals surface area contributed by atoms with Gasteiger partial charge in [0.1, 0.15) is 0 Å². The van der Waals surface area contributed by atoms with E-state index < -0.39 is 10.0 Å². The lowest BCUT2D eigenvalue weighted by atomic mass is 10.5. The minimum atomic E-state index is -3.10. The van der Waals surface area contributed by atoms with Gasteiger partial charge in [-0.05, 0) is 13.3 Å². The van der Waals surface area contributed by atoms with Crippen molar-refractivity contribution in [3.05, 3.63) is 0 Å². The van der Waals surface area contributed by atoms with Crippen molar-refractivity contribution < 1.29 is 8.42 Å². The van der Waals surface area contributed by atoms with Gasteiger partial charge in [-0.1, -0.05) is 6.92 Å². The Morgan fingerprint density at radius 1 is 1.19 bits per heavy atom. The van der Waals surface area contributed by atoms with Crippen molar-refractivity contribution in [2.24, 2.45) is 4.99 Å². The summed E-state index contributed by atoms with van der Waals surface area (Å²) in [6, 6.07) is 0. The van der Waals surface area contributed by atoms with Gasteiger partial charge in [-0.25, -0.2) is 13.1 Å². The van der Waals surface area contributed by atoms with Crippen molar-refractivity contribution in [1.29, 1.82) is 0 Å². The van der Waals surface area contributed by atoms with E-state index in [1.807, 2.05) is 6.92 Å². The van der Waals surface area contributed by atoms with Crippen molar-refractivity contribution in [3.8, 4) is 0 Å². The Labute approximate surface area is 98.0 Å². The van der Waals surface area contributed by atoms with E-state index in [0.717, 1.165) is 31.7 Å². The molecule has 0 aliphatic heterocycles. The summed E-state index contributed by atoms with van der Waals surface area (Å²) in [5.74, 6) is 0.722. The molecule has 0 saturated heterocycles. The van der Waals surface area contributed by atoms with E-state index in [-0.39, 0.29) is 0 Å². The molecule has 0 radical (unpaired) electrons. The molecule has 7 heteroatoms. The van der Waals surface area contributed by atoms with Gasteiger partial charge in [-0.3, -0.25) is 4.99 Å². The molecule has 0 spiro atoms. The van der Waals surface area contributed by atoms with Crippen LogP contribution < -0.4 is 15.4 Å². The number of rotatable bonds is 7. The van der Waals surface area contributed by atoms with Crippen LogP contribution in [-0.2, 0) is 10.0 Å². The fraction of sp³-hybridized carbons (Fsp3) is 0.889. The number of sulfonamides is 1. The Morgan fingerprint density at radius 2 is 1.88 bits per heavy atom. The molecule has 3 N–H and O–H groups in total. The van der Waals surface area contributed by atoms with Crippen LogP contribution in [0.4, 0.5) is 0 Å². The maximum atomic E-state index is 10.8. The van der Waals surface area contributed by atoms with E-state index in [1.165, 1.54) is 0 Å². The fourth-order valence-electron chi connectivity index (χ4n) is 0.983. The molecule has 0 aliphatic rings. The second kappa shape index (κ2) is 8.35. The summed E-state index contributed by atoms with van der Waals surface area (Å²) >= 11 is 0. The first-order chi connectivity index (χ1) is 7.49. The van der Waals surface area contributed by atoms with Gasteiger partial charge in [0.2, 0.25) is 10.0 Å². The Kier molecular flexibility index (Phi) is 7.92. The average Bonchev–Trinajstić information content (AvgIpc) is 2.19. The van der Waals surface area contributed by atoms with Crippen molar-refractivity contribution in [2.75, 3.05) is 32.4 Å². The van der Waals surface area contributed by atoms with E-state index in [1.54, 1.807) is 0 Å². The Hall–Kier alpha value is -0.820. The summed E-state index contributed by atoms with van der Waals surface area (Å²) in [5.41, 5.74) is 0. The molecular weight excluding hydrogens is 228 g/mol. The van der Waals surface area contributed by atoms with Crippen LogP contribution in [0.5, 0.6) is 0 Å². The molecule has 0 amide bonds. The normalized spacial score (nSPS) is 12.6. The van der Waals surface area contributed by atoms with Crippen LogP contribution >= 0.6 is 0 Å². The number of guanidine groups is 1. The average molecular weight is 250 g/mol. The lowest BCUT2D eigenvalue weighted by molar-refractivity contribution is 0.586. The highest BCUT2D eigenvalue weighted by molar-refractivity contribution is 7.88. The molecule has 0 fully saturated rings. The quantitative estimate of drug-likeness (QED) is 0.323. The molecular formula is C9H22N4O2S. The lowest BCUT2D eigenvalue weighted by Crippen LogP contribution is -2.41. The standard InChI is InChI=1S/C9H22N4O2S/c1-4-6-11-9(10-5-2)12-7-8-13-16(3,14)15/h13H,4-8H2,1-3H3,(H2,10,11,12). The van der Waals surface area contributed by atoms with Crippen molar-refractivity contribution in [3.63, 3.8) is 0 Å². The van der Waals surface area contributed by atoms with Crippen LogP contribution in [0, 0.1) is 0 Å². The van der Waals surface area contributed by atoms with Gasteiger partial charge >= 0.3 is 0 Å². The van der Waals surface area contributed by atoms with E-state index in [4.69, 9.17) is 0 Å². The van der Waals surface area contributed by atoms with Crippen LogP contribution in [0.2, 0.25) is 0 Å². The summed E-state index contributed by atoms with van der Waals surface area (Å²) in [6.45, 7) is 6.46. The molecule has 0 aromatic heterocycles. The third kappa shape index (κ3) is 9.72. The first-order valence-corrected chi connectivity index (χ1v) is 7.35. The number of nitrogens with zero attached hydrogens (tertiary/aromatic N) is 1. The smallest absolute Gasteiger partial charge is 0.208 e. The highest BCUT2D eigenvalue weighted by Gasteiger charge is 1.99. The van der Waals surface area contributed by atoms with Gasteiger partial charge in [0.15, 0.2) is 5.96 Å². The molecule has 0 aliphatic carbocycles. The van der Waals surface area contributed by atoms with E-state index in [0.29, 0.717) is 13.1 Å². The second-order valence-electron chi connectivity index (χ2n) is 3.35. The zero-order valence-corrected chi connectivity index (χ0v) is 11.0. The minimum absolute atomic E-state index is 0.357. The molecule has 0 saturated carbocycles. The van der Waals surface area contributed by atoms with Crippen LogP contribution in [0.25, 0.3) is 0 Å². The number of aliphatic imine (C=N–C) groups is 1. The number of nitrogens with one attached hydrogen (secondary N) is 3. The van der Waals surface area contributed by atoms with Crippen molar-refractivity contribution in [2.45, 2.75) is 20.3 Å². The Balaban J connectivity index is 3.84. The summed E-state index contributed by atoms with van der Waals surface area (Å²) in [7, 11) is -3.10. The van der Waals surface area contributed by atoms with Crippen LogP contribution in [-0.4, -0.2) is 46.8 Å². The first-order valence-electron chi connectivity index (χ1n) is 5.46. The molecule has 96 valence electrons. The maximum absolute atomic E-state index is 10.8. The zero-order chi connectivity index (χ0) is 12.4. The third-order valence-electron chi connectivity index (χ3n) is 1.62. The number of hydrogen-bond donors (Lipinski definition) is 3. The molecule has 0 rings (SSSR count). The van der Waals surface area contributed by atoms with E-state index in [9.17, 15) is 8.42 Å². The van der Waals surface area contributed by atoms with Gasteiger partial charge in [-0.15, -0.1) is 0 Å². The molecule has 6 nitrogen and oxygen atoms in total. The van der Waals surface area contributed by atoms with E-state index >= 15 is 0 Å². The lowest BCUT2D eigenvalue weighted by Gasteiger charge is -2.10. The van der Waals surface area contributed by atoms with Gasteiger partial charge < -0.3 is 10.6 Å². The Bertz CT molecular complexity index is 301. The highest BCUT2D eigenvalue weighted by atomic mass is 32.2. The van der Waals surface area contributed by atoms with Crippen LogP contribution in [0.15, 0.2) is 4.99 Å². The molecule has 0 heterocycles. The molecule has 0 atom stereocenters. The third-order valence-corrected chi connectivity index (χ3v) is 2.35.